The van der Waals surface area contributed by atoms with E-state index in [1.54, 1.807) is 0 Å². The third-order valence-electron chi connectivity index (χ3n) is 6.60. The van der Waals surface area contributed by atoms with Gasteiger partial charge in [-0.2, -0.15) is 0 Å². The molecule has 0 aliphatic rings. The number of carbonyl (C=O) groups excluding carboxylic acids is 2. The fraction of sp³-hybridized carbons (Fsp3) is 0.355. The quantitative estimate of drug-likeness (QED) is 0.0555. The van der Waals surface area contributed by atoms with Gasteiger partial charge in [0.15, 0.2) is 28.4 Å². The molecule has 3 rings (SSSR count). The van der Waals surface area contributed by atoms with Crippen molar-refractivity contribution in [2.24, 2.45) is 16.5 Å². The van der Waals surface area contributed by atoms with Gasteiger partial charge >= 0.3 is 0 Å². The molecule has 2 aromatic carbocycles. The molecule has 3 aromatic rings. The van der Waals surface area contributed by atoms with Gasteiger partial charge in [0.2, 0.25) is 5.91 Å². The van der Waals surface area contributed by atoms with E-state index in [9.17, 15) is 9.59 Å². The summed E-state index contributed by atoms with van der Waals surface area (Å²) >= 11 is 5.81. The van der Waals surface area contributed by atoms with Gasteiger partial charge in [-0.25, -0.2) is 9.97 Å². The first-order valence-electron chi connectivity index (χ1n) is 14.6. The molecule has 0 saturated carbocycles. The van der Waals surface area contributed by atoms with Crippen LogP contribution in [0.3, 0.4) is 0 Å². The van der Waals surface area contributed by atoms with E-state index >= 15 is 0 Å². The van der Waals surface area contributed by atoms with E-state index in [1.165, 1.54) is 5.56 Å². The minimum atomic E-state index is -0.661. The number of hydrogen-bond donors (Lipinski definition) is 7. The second-order valence-electron chi connectivity index (χ2n) is 10.0. The molecule has 0 spiro atoms. The summed E-state index contributed by atoms with van der Waals surface area (Å²) in [6.45, 7) is 1.62. The Hall–Kier alpha value is -4.75. The number of carbonyl (C=O) groups is 3. The van der Waals surface area contributed by atoms with Gasteiger partial charge < -0.3 is 33.4 Å². The summed E-state index contributed by atoms with van der Waals surface area (Å²) in [6.07, 6.45) is 6.82. The summed E-state index contributed by atoms with van der Waals surface area (Å²) < 4.78 is 0. The highest BCUT2D eigenvalue weighted by molar-refractivity contribution is 6.31. The summed E-state index contributed by atoms with van der Waals surface area (Å²) in [5, 5.41) is 12.2. The second kappa shape index (κ2) is 20.3. The number of hydrogen-bond acceptors (Lipinski definition) is 9. The van der Waals surface area contributed by atoms with Crippen LogP contribution < -0.4 is 33.6 Å². The number of amides is 2. The fourth-order valence-electron chi connectivity index (χ4n) is 4.21. The van der Waals surface area contributed by atoms with Crippen molar-refractivity contribution < 1.29 is 19.5 Å². The SMILES string of the molecule is NCCCCCNC(=O)CCc1ccc(-c2ccc(CCCCN=C(N)NC(=O)c3nc(Cl)c(N)nc3N)cc2)cc1.O=CO. The lowest BCUT2D eigenvalue weighted by Crippen LogP contribution is -2.38. The minimum Gasteiger partial charge on any atom is -0.483 e. The lowest BCUT2D eigenvalue weighted by Gasteiger charge is -2.08. The number of anilines is 2. The third kappa shape index (κ3) is 13.6. The van der Waals surface area contributed by atoms with Crippen LogP contribution in [0.2, 0.25) is 5.15 Å². The van der Waals surface area contributed by atoms with Crippen molar-refractivity contribution in [3.05, 3.63) is 70.5 Å². The number of rotatable bonds is 15. The summed E-state index contributed by atoms with van der Waals surface area (Å²) in [5.41, 5.74) is 27.0. The van der Waals surface area contributed by atoms with E-state index in [0.717, 1.165) is 61.6 Å². The molecule has 0 fully saturated rings. The molecule has 242 valence electrons. The van der Waals surface area contributed by atoms with Crippen LogP contribution in [0, 0.1) is 0 Å². The number of guanidine groups is 1. The Morgan fingerprint density at radius 1 is 0.867 bits per heavy atom. The van der Waals surface area contributed by atoms with Crippen LogP contribution in [-0.2, 0) is 22.4 Å². The largest absolute Gasteiger partial charge is 0.483 e. The third-order valence-corrected chi connectivity index (χ3v) is 6.88. The number of nitrogens with one attached hydrogen (secondary N) is 2. The Kier molecular flexibility index (Phi) is 16.4. The van der Waals surface area contributed by atoms with Gasteiger partial charge in [-0.15, -0.1) is 0 Å². The lowest BCUT2D eigenvalue weighted by atomic mass is 9.99. The highest BCUT2D eigenvalue weighted by Gasteiger charge is 2.16. The molecule has 0 saturated heterocycles. The van der Waals surface area contributed by atoms with Gasteiger partial charge in [0.25, 0.3) is 12.4 Å². The molecular weight excluding hydrogens is 598 g/mol. The highest BCUT2D eigenvalue weighted by Crippen LogP contribution is 2.22. The van der Waals surface area contributed by atoms with Crippen LogP contribution in [0.4, 0.5) is 11.6 Å². The van der Waals surface area contributed by atoms with Crippen LogP contribution in [0.5, 0.6) is 0 Å². The van der Waals surface area contributed by atoms with Crippen LogP contribution in [0.25, 0.3) is 11.1 Å². The zero-order valence-corrected chi connectivity index (χ0v) is 25.9. The van der Waals surface area contributed by atoms with Crippen molar-refractivity contribution in [3.63, 3.8) is 0 Å². The van der Waals surface area contributed by atoms with E-state index in [-0.39, 0.29) is 40.8 Å². The molecule has 0 aliphatic heterocycles. The maximum absolute atomic E-state index is 12.3. The van der Waals surface area contributed by atoms with Gasteiger partial charge in [0.05, 0.1) is 0 Å². The number of aryl methyl sites for hydroxylation is 2. The van der Waals surface area contributed by atoms with Crippen LogP contribution in [-0.4, -0.2) is 59.0 Å². The first-order chi connectivity index (χ1) is 21.7. The number of nitrogens with two attached hydrogens (primary N) is 4. The number of aromatic nitrogens is 2. The Bertz CT molecular complexity index is 1400. The van der Waals surface area contributed by atoms with Gasteiger partial charge in [0, 0.05) is 19.5 Å². The first-order valence-corrected chi connectivity index (χ1v) is 15.0. The van der Waals surface area contributed by atoms with Crippen LogP contribution >= 0.6 is 11.6 Å². The van der Waals surface area contributed by atoms with Crippen molar-refractivity contribution >= 4 is 47.5 Å². The predicted molar refractivity (Wildman–Crippen MR) is 178 cm³/mol. The Morgan fingerprint density at radius 2 is 1.47 bits per heavy atom. The molecule has 0 bridgehead atoms. The zero-order valence-electron chi connectivity index (χ0n) is 25.2. The van der Waals surface area contributed by atoms with Crippen molar-refractivity contribution in [2.45, 2.75) is 51.4 Å². The number of nitrogens with zero attached hydrogens (tertiary/aromatic N) is 3. The monoisotopic (exact) mass is 639 g/mol. The molecule has 2 amide bonds. The van der Waals surface area contributed by atoms with Crippen LogP contribution in [0.15, 0.2) is 53.5 Å². The number of halogens is 1. The number of nitrogen functional groups attached to an aromatic ring is 2. The Morgan fingerprint density at radius 3 is 2.07 bits per heavy atom. The minimum absolute atomic E-state index is 0.0400. The van der Waals surface area contributed by atoms with Gasteiger partial charge in [-0.1, -0.05) is 66.6 Å². The second-order valence-corrected chi connectivity index (χ2v) is 10.4. The predicted octanol–water partition coefficient (Wildman–Crippen LogP) is 2.91. The maximum Gasteiger partial charge on any atom is 0.290 e. The number of benzene rings is 2. The zero-order chi connectivity index (χ0) is 33.0. The topological polar surface area (TPSA) is 238 Å². The number of aliphatic imine (C=N–C) groups is 1. The van der Waals surface area contributed by atoms with Crippen molar-refractivity contribution in [1.82, 2.24) is 20.6 Å². The molecule has 1 heterocycles. The highest BCUT2D eigenvalue weighted by atomic mass is 35.5. The van der Waals surface area contributed by atoms with Gasteiger partial charge in [-0.3, -0.25) is 24.7 Å². The van der Waals surface area contributed by atoms with E-state index in [4.69, 9.17) is 44.4 Å². The Balaban J connectivity index is 0.00000226. The van der Waals surface area contributed by atoms with E-state index < -0.39 is 5.91 Å². The first kappa shape index (κ1) is 36.4. The smallest absolute Gasteiger partial charge is 0.290 e. The molecule has 14 heteroatoms. The summed E-state index contributed by atoms with van der Waals surface area (Å²) in [4.78, 5) is 44.5. The van der Waals surface area contributed by atoms with Crippen molar-refractivity contribution in [1.29, 1.82) is 0 Å². The Labute approximate surface area is 267 Å². The van der Waals surface area contributed by atoms with Crippen LogP contribution in [0.1, 0.15) is 60.1 Å². The molecule has 13 nitrogen and oxygen atoms in total. The van der Waals surface area contributed by atoms with Gasteiger partial charge in [-0.05, 0) is 67.3 Å². The maximum atomic E-state index is 12.3. The molecule has 0 atom stereocenters. The standard InChI is InChI=1S/C30H40ClN9O2.CH2O2/c31-26-28(34)39-27(33)25(38-26)29(42)40-30(35)37-19-5-2-6-20-7-12-22(13-8-20)23-14-9-21(10-15-23)11-16-24(41)36-18-4-1-3-17-32;2-1-3/h7-10,12-15H,1-6,11,16-19,32H2,(H,36,41)(H4,33,34,39)(H3,35,37,40,42);1H,(H,2,3). The summed E-state index contributed by atoms with van der Waals surface area (Å²) in [7, 11) is 0. The molecule has 1 aromatic heterocycles. The molecule has 0 radical (unpaired) electrons. The fourth-order valence-corrected chi connectivity index (χ4v) is 4.34. The molecule has 0 aliphatic carbocycles. The van der Waals surface area contributed by atoms with Gasteiger partial charge in [0.1, 0.15) is 0 Å². The summed E-state index contributed by atoms with van der Waals surface area (Å²) in [5.74, 6) is -0.819. The molecule has 11 N–H and O–H groups in total. The number of unbranched alkanes of at least 4 members (excludes halogenated alkanes) is 3. The average molecular weight is 640 g/mol. The van der Waals surface area contributed by atoms with E-state index in [1.807, 2.05) is 0 Å². The van der Waals surface area contributed by atoms with E-state index in [0.29, 0.717) is 26.1 Å². The normalized spacial score (nSPS) is 10.8. The molecular formula is C31H42ClN9O4. The molecule has 0 unspecified atom stereocenters. The lowest BCUT2D eigenvalue weighted by molar-refractivity contribution is -0.123. The van der Waals surface area contributed by atoms with Crippen molar-refractivity contribution in [2.75, 3.05) is 31.1 Å². The van der Waals surface area contributed by atoms with Crippen molar-refractivity contribution in [3.8, 4) is 11.1 Å². The molecule has 45 heavy (non-hydrogen) atoms. The van der Waals surface area contributed by atoms with E-state index in [2.05, 4.69) is 74.1 Å². The average Bonchev–Trinajstić information content (AvgIpc) is 3.02. The number of carboxylic acid groups (broad SMARTS) is 1. The summed E-state index contributed by atoms with van der Waals surface area (Å²) in [6, 6.07) is 16.8.